The zero-order valence-corrected chi connectivity index (χ0v) is 15.7. The number of aryl methyl sites for hydroxylation is 1. The molecule has 2 aromatic rings. The van der Waals surface area contributed by atoms with Crippen molar-refractivity contribution in [3.8, 4) is 0 Å². The van der Waals surface area contributed by atoms with Crippen molar-refractivity contribution < 1.29 is 14.1 Å². The topological polar surface area (TPSA) is 78.7 Å². The summed E-state index contributed by atoms with van der Waals surface area (Å²) >= 11 is 6.36. The number of hydrogen-bond donors (Lipinski definition) is 1. The molecule has 0 fully saturated rings. The Kier molecular flexibility index (Phi) is 4.73. The number of anilines is 1. The fourth-order valence-electron chi connectivity index (χ4n) is 3.02. The normalized spacial score (nSPS) is 17.7. The van der Waals surface area contributed by atoms with Crippen LogP contribution in [0.15, 0.2) is 46.1 Å². The number of carbonyl (C=O) groups is 2. The van der Waals surface area contributed by atoms with E-state index in [0.29, 0.717) is 33.4 Å². The van der Waals surface area contributed by atoms with E-state index in [9.17, 15) is 9.59 Å². The molecule has 0 spiro atoms. The molecule has 0 saturated heterocycles. The lowest BCUT2D eigenvalue weighted by molar-refractivity contribution is -0.113. The van der Waals surface area contributed by atoms with Crippen LogP contribution in [0.5, 0.6) is 0 Å². The second kappa shape index (κ2) is 6.84. The Labute approximate surface area is 156 Å². The Bertz CT molecular complexity index is 905. The second-order valence-electron chi connectivity index (χ2n) is 6.15. The summed E-state index contributed by atoms with van der Waals surface area (Å²) in [5, 5.41) is 7.01. The molecule has 8 heteroatoms. The van der Waals surface area contributed by atoms with Crippen LogP contribution >= 0.6 is 11.6 Å². The van der Waals surface area contributed by atoms with Crippen LogP contribution in [0, 0.1) is 6.92 Å². The number of aromatic nitrogens is 1. The molecule has 1 aliphatic heterocycles. The third-order valence-corrected chi connectivity index (χ3v) is 4.80. The molecular weight excluding hydrogens is 356 g/mol. The first-order valence-corrected chi connectivity index (χ1v) is 8.39. The van der Waals surface area contributed by atoms with Crippen LogP contribution in [0.2, 0.25) is 5.02 Å². The van der Waals surface area contributed by atoms with Crippen molar-refractivity contribution in [1.29, 1.82) is 0 Å². The summed E-state index contributed by atoms with van der Waals surface area (Å²) in [6.45, 7) is 3.47. The monoisotopic (exact) mass is 374 g/mol. The van der Waals surface area contributed by atoms with Crippen molar-refractivity contribution in [2.24, 2.45) is 0 Å². The highest BCUT2D eigenvalue weighted by Gasteiger charge is 2.39. The summed E-state index contributed by atoms with van der Waals surface area (Å²) in [6.07, 6.45) is 0. The summed E-state index contributed by atoms with van der Waals surface area (Å²) < 4.78 is 4.99. The molecule has 136 valence electrons. The van der Waals surface area contributed by atoms with Gasteiger partial charge in [-0.3, -0.25) is 4.79 Å². The van der Waals surface area contributed by atoms with E-state index in [1.54, 1.807) is 46.1 Å². The zero-order chi connectivity index (χ0) is 19.0. The molecule has 0 bridgehead atoms. The number of halogens is 1. The van der Waals surface area contributed by atoms with Crippen LogP contribution in [0.1, 0.15) is 24.3 Å². The first-order chi connectivity index (χ1) is 12.3. The quantitative estimate of drug-likeness (QED) is 0.890. The van der Waals surface area contributed by atoms with Gasteiger partial charge in [0.2, 0.25) is 0 Å². The molecule has 0 radical (unpaired) electrons. The van der Waals surface area contributed by atoms with Gasteiger partial charge in [0.25, 0.3) is 5.91 Å². The number of allylic oxidation sites excluding steroid dienone is 1. The summed E-state index contributed by atoms with van der Waals surface area (Å²) in [4.78, 5) is 28.5. The number of nitrogens with zero attached hydrogens (tertiary/aromatic N) is 3. The fourth-order valence-corrected chi connectivity index (χ4v) is 3.26. The smallest absolute Gasteiger partial charge is 0.324 e. The van der Waals surface area contributed by atoms with E-state index in [4.69, 9.17) is 16.1 Å². The lowest BCUT2D eigenvalue weighted by Gasteiger charge is -2.40. The Morgan fingerprint density at radius 3 is 2.58 bits per heavy atom. The van der Waals surface area contributed by atoms with Crippen molar-refractivity contribution in [2.75, 3.05) is 19.4 Å². The van der Waals surface area contributed by atoms with E-state index in [1.165, 1.54) is 9.80 Å². The van der Waals surface area contributed by atoms with E-state index in [1.807, 2.05) is 12.1 Å². The molecule has 3 rings (SSSR count). The predicted molar refractivity (Wildman–Crippen MR) is 97.7 cm³/mol. The van der Waals surface area contributed by atoms with Crippen LogP contribution in [0.4, 0.5) is 10.6 Å². The number of likely N-dealkylation sites (N-methyl/N-ethyl adjacent to an activating group) is 1. The Morgan fingerprint density at radius 1 is 1.27 bits per heavy atom. The minimum Gasteiger partial charge on any atom is -0.360 e. The van der Waals surface area contributed by atoms with E-state index < -0.39 is 6.04 Å². The minimum atomic E-state index is -0.611. The first kappa shape index (κ1) is 18.0. The fraction of sp³-hybridized carbons (Fsp3) is 0.278. The molecule has 2 heterocycles. The lowest BCUT2D eigenvalue weighted by Crippen LogP contribution is -2.47. The molecule has 1 aliphatic rings. The van der Waals surface area contributed by atoms with Crippen LogP contribution in [-0.2, 0) is 4.79 Å². The maximum atomic E-state index is 13.0. The van der Waals surface area contributed by atoms with Crippen LogP contribution in [0.3, 0.4) is 0 Å². The molecule has 1 atom stereocenters. The third kappa shape index (κ3) is 3.06. The predicted octanol–water partition coefficient (Wildman–Crippen LogP) is 3.59. The number of benzene rings is 1. The first-order valence-electron chi connectivity index (χ1n) is 8.01. The number of amides is 3. The maximum absolute atomic E-state index is 13.0. The van der Waals surface area contributed by atoms with Gasteiger partial charge in [-0.2, -0.15) is 0 Å². The van der Waals surface area contributed by atoms with Gasteiger partial charge in [0.1, 0.15) is 5.76 Å². The molecule has 1 N–H and O–H groups in total. The SMILES string of the molecule is CC1=C(C(=O)Nc2cc(C)on2)[C@@H](c2ccccc2Cl)N(C)C(=O)N1C. The van der Waals surface area contributed by atoms with Gasteiger partial charge in [0.15, 0.2) is 5.82 Å². The molecule has 7 nitrogen and oxygen atoms in total. The van der Waals surface area contributed by atoms with Gasteiger partial charge < -0.3 is 19.6 Å². The molecule has 0 unspecified atom stereocenters. The van der Waals surface area contributed by atoms with Gasteiger partial charge in [-0.1, -0.05) is 35.0 Å². The number of nitrogens with one attached hydrogen (secondary N) is 1. The minimum absolute atomic E-state index is 0.221. The number of hydrogen-bond acceptors (Lipinski definition) is 4. The molecule has 1 aromatic heterocycles. The zero-order valence-electron chi connectivity index (χ0n) is 14.9. The van der Waals surface area contributed by atoms with Crippen molar-refractivity contribution in [2.45, 2.75) is 19.9 Å². The molecule has 1 aromatic carbocycles. The Hall–Kier alpha value is -2.80. The molecule has 26 heavy (non-hydrogen) atoms. The molecular formula is C18H19ClN4O3. The Balaban J connectivity index is 2.08. The highest BCUT2D eigenvalue weighted by Crippen LogP contribution is 2.38. The second-order valence-corrected chi connectivity index (χ2v) is 6.56. The molecule has 0 saturated carbocycles. The number of urea groups is 1. The Morgan fingerprint density at radius 2 is 1.96 bits per heavy atom. The largest absolute Gasteiger partial charge is 0.360 e. The third-order valence-electron chi connectivity index (χ3n) is 4.46. The standard InChI is InChI=1S/C18H19ClN4O3/c1-10-9-14(21-26-10)20-17(24)15-11(2)22(3)18(25)23(4)16(15)12-7-5-6-8-13(12)19/h5-9,16H,1-4H3,(H,20,21,24)/t16-/m1/s1. The molecule has 0 aliphatic carbocycles. The van der Waals surface area contributed by atoms with E-state index in [0.717, 1.165) is 0 Å². The average Bonchev–Trinajstić information content (AvgIpc) is 3.01. The summed E-state index contributed by atoms with van der Waals surface area (Å²) in [5.41, 5.74) is 1.65. The van der Waals surface area contributed by atoms with E-state index >= 15 is 0 Å². The number of rotatable bonds is 3. The highest BCUT2D eigenvalue weighted by atomic mass is 35.5. The summed E-state index contributed by atoms with van der Waals surface area (Å²) in [7, 11) is 3.28. The van der Waals surface area contributed by atoms with Gasteiger partial charge in [-0.15, -0.1) is 0 Å². The van der Waals surface area contributed by atoms with Gasteiger partial charge in [0, 0.05) is 30.9 Å². The van der Waals surface area contributed by atoms with E-state index in [2.05, 4.69) is 10.5 Å². The van der Waals surface area contributed by atoms with Gasteiger partial charge in [-0.05, 0) is 25.5 Å². The van der Waals surface area contributed by atoms with Crippen molar-refractivity contribution in [3.63, 3.8) is 0 Å². The van der Waals surface area contributed by atoms with Crippen molar-refractivity contribution in [1.82, 2.24) is 15.0 Å². The molecule has 3 amide bonds. The van der Waals surface area contributed by atoms with E-state index in [-0.39, 0.29) is 11.9 Å². The average molecular weight is 375 g/mol. The van der Waals surface area contributed by atoms with Gasteiger partial charge in [0.05, 0.1) is 11.6 Å². The lowest BCUT2D eigenvalue weighted by atomic mass is 9.93. The van der Waals surface area contributed by atoms with Crippen molar-refractivity contribution >= 4 is 29.4 Å². The highest BCUT2D eigenvalue weighted by molar-refractivity contribution is 6.31. The van der Waals surface area contributed by atoms with Gasteiger partial charge in [-0.25, -0.2) is 4.79 Å². The maximum Gasteiger partial charge on any atom is 0.324 e. The number of carbonyl (C=O) groups excluding carboxylic acids is 2. The van der Waals surface area contributed by atoms with Crippen LogP contribution in [0.25, 0.3) is 0 Å². The van der Waals surface area contributed by atoms with Crippen LogP contribution in [-0.4, -0.2) is 41.0 Å². The van der Waals surface area contributed by atoms with Crippen LogP contribution < -0.4 is 5.32 Å². The van der Waals surface area contributed by atoms with Gasteiger partial charge >= 0.3 is 6.03 Å². The summed E-state index contributed by atoms with van der Waals surface area (Å²) in [5.74, 6) is 0.529. The van der Waals surface area contributed by atoms with Crippen molar-refractivity contribution in [3.05, 3.63) is 57.9 Å². The summed E-state index contributed by atoms with van der Waals surface area (Å²) in [6, 6.07) is 7.96.